The molecule has 0 bridgehead atoms. The van der Waals surface area contributed by atoms with Crippen LogP contribution < -0.4 is 14.9 Å². The molecule has 2 aliphatic heterocycles. The smallest absolute Gasteiger partial charge is 0.245 e. The van der Waals surface area contributed by atoms with Crippen molar-refractivity contribution in [1.29, 1.82) is 0 Å². The van der Waals surface area contributed by atoms with Crippen LogP contribution in [0.25, 0.3) is 10.9 Å². The van der Waals surface area contributed by atoms with E-state index < -0.39 is 27.7 Å². The lowest BCUT2D eigenvalue weighted by Gasteiger charge is -2.41. The number of hydrogen-bond acceptors (Lipinski definition) is 6. The number of amides is 2. The number of fused-ring (bicyclic) bond motifs is 3. The second-order valence-electron chi connectivity index (χ2n) is 12.9. The molecule has 5 rings (SSSR count). The predicted molar refractivity (Wildman–Crippen MR) is 176 cm³/mol. The van der Waals surface area contributed by atoms with Crippen molar-refractivity contribution in [2.45, 2.75) is 69.6 Å². The Morgan fingerprint density at radius 3 is 2.43 bits per heavy atom. The number of β-amino-alcohol motifs (C(OH)–C–C–N with tert-alkyl or cyclic N) is 1. The van der Waals surface area contributed by atoms with Gasteiger partial charge in [0.15, 0.2) is 0 Å². The number of hydrogen-bond donors (Lipinski definition) is 4. The van der Waals surface area contributed by atoms with Crippen molar-refractivity contribution in [3.05, 3.63) is 65.9 Å². The Bertz CT molecular complexity index is 1600. The minimum absolute atomic E-state index is 0. The molecule has 240 valence electrons. The van der Waals surface area contributed by atoms with Crippen LogP contribution in [0.5, 0.6) is 0 Å². The molecule has 2 aliphatic rings. The van der Waals surface area contributed by atoms with E-state index in [4.69, 9.17) is 0 Å². The lowest BCUT2D eigenvalue weighted by Crippen LogP contribution is -2.55. The number of nitrogens with zero attached hydrogens (tertiary/aromatic N) is 2. The molecule has 3 heterocycles. The number of aliphatic hydroxyl groups is 1. The van der Waals surface area contributed by atoms with E-state index >= 15 is 0 Å². The van der Waals surface area contributed by atoms with Gasteiger partial charge in [-0.25, -0.2) is 8.42 Å². The molecule has 1 aromatic heterocycles. The number of aromatic nitrogens is 1. The summed E-state index contributed by atoms with van der Waals surface area (Å²) in [7, 11) is -3.44. The Kier molecular flexibility index (Phi) is 10.0. The summed E-state index contributed by atoms with van der Waals surface area (Å²) < 4.78 is 26.7. The van der Waals surface area contributed by atoms with Gasteiger partial charge in [-0.1, -0.05) is 36.4 Å². The van der Waals surface area contributed by atoms with Crippen LogP contribution in [0.4, 0.5) is 5.69 Å². The fourth-order valence-electron chi connectivity index (χ4n) is 6.54. The van der Waals surface area contributed by atoms with Gasteiger partial charge in [0.1, 0.15) is 6.04 Å². The molecule has 2 amide bonds. The number of halogens is 1. The Balaban J connectivity index is 0.00000442. The van der Waals surface area contributed by atoms with Gasteiger partial charge in [0.2, 0.25) is 21.8 Å². The lowest BCUT2D eigenvalue weighted by atomic mass is 9.74. The number of nitrogens with one attached hydrogen (secondary N) is 3. The standard InChI is InChI=1S/C32H43N5O5S.ClH/c1-22(38)19-34-31(2,3)18-29(39)35-27(17-23-20-33-26-11-7-5-9-24(23)26)30(40)36-15-13-32(14-16-36)21-37(43(4,41)42)28-12-8-6-10-25(28)32;/h5-12,20,22,27,33-34,38H,13-19,21H2,1-4H3,(H,35,39);1H/t22-,27-;/m1./s1. The van der Waals surface area contributed by atoms with Crippen LogP contribution in [0.2, 0.25) is 0 Å². The van der Waals surface area contributed by atoms with Gasteiger partial charge in [-0.3, -0.25) is 13.9 Å². The fourth-order valence-corrected chi connectivity index (χ4v) is 7.54. The molecule has 2 aromatic carbocycles. The van der Waals surface area contributed by atoms with Crippen molar-refractivity contribution in [3.63, 3.8) is 0 Å². The van der Waals surface area contributed by atoms with E-state index in [9.17, 15) is 23.1 Å². The highest BCUT2D eigenvalue weighted by atomic mass is 35.5. The topological polar surface area (TPSA) is 135 Å². The molecule has 2 atom stereocenters. The Morgan fingerprint density at radius 2 is 1.75 bits per heavy atom. The molecule has 1 saturated heterocycles. The van der Waals surface area contributed by atoms with Gasteiger partial charge in [0.25, 0.3) is 0 Å². The summed E-state index contributed by atoms with van der Waals surface area (Å²) in [4.78, 5) is 32.5. The van der Waals surface area contributed by atoms with Crippen LogP contribution in [0.3, 0.4) is 0 Å². The van der Waals surface area contributed by atoms with E-state index in [1.807, 2.05) is 73.5 Å². The maximum Gasteiger partial charge on any atom is 0.245 e. The quantitative estimate of drug-likeness (QED) is 0.268. The molecule has 0 unspecified atom stereocenters. The molecular weight excluding hydrogens is 602 g/mol. The van der Waals surface area contributed by atoms with Crippen LogP contribution in [-0.2, 0) is 31.4 Å². The largest absolute Gasteiger partial charge is 0.392 e. The number of H-pyrrole nitrogens is 1. The van der Waals surface area contributed by atoms with E-state index in [-0.39, 0.29) is 36.1 Å². The van der Waals surface area contributed by atoms with Crippen molar-refractivity contribution in [1.82, 2.24) is 20.5 Å². The second kappa shape index (κ2) is 13.1. The van der Waals surface area contributed by atoms with Crippen LogP contribution in [0.1, 0.15) is 51.2 Å². The first-order chi connectivity index (χ1) is 20.3. The molecule has 0 saturated carbocycles. The maximum atomic E-state index is 14.1. The van der Waals surface area contributed by atoms with E-state index in [0.29, 0.717) is 45.4 Å². The number of carbonyl (C=O) groups is 2. The monoisotopic (exact) mass is 645 g/mol. The molecule has 0 aliphatic carbocycles. The number of sulfonamides is 1. The first-order valence-electron chi connectivity index (χ1n) is 14.9. The molecule has 0 radical (unpaired) electrons. The van der Waals surface area contributed by atoms with Crippen LogP contribution in [-0.4, -0.2) is 85.3 Å². The van der Waals surface area contributed by atoms with Crippen molar-refractivity contribution < 1.29 is 23.1 Å². The molecule has 10 nitrogen and oxygen atoms in total. The zero-order valence-electron chi connectivity index (χ0n) is 25.8. The average molecular weight is 646 g/mol. The third-order valence-corrected chi connectivity index (χ3v) is 9.96. The van der Waals surface area contributed by atoms with Gasteiger partial charge in [0, 0.05) is 67.1 Å². The number of piperidine rings is 1. The van der Waals surface area contributed by atoms with Crippen molar-refractivity contribution >= 4 is 50.8 Å². The Morgan fingerprint density at radius 1 is 1.09 bits per heavy atom. The lowest BCUT2D eigenvalue weighted by molar-refractivity contribution is -0.138. The van der Waals surface area contributed by atoms with E-state index in [0.717, 1.165) is 27.7 Å². The summed E-state index contributed by atoms with van der Waals surface area (Å²) in [5.74, 6) is -0.391. The minimum atomic E-state index is -3.44. The Labute approximate surface area is 266 Å². The number of para-hydroxylation sites is 2. The summed E-state index contributed by atoms with van der Waals surface area (Å²) in [6.45, 7) is 7.14. The third kappa shape index (κ3) is 7.22. The zero-order valence-corrected chi connectivity index (χ0v) is 27.4. The van der Waals surface area contributed by atoms with Gasteiger partial charge in [-0.05, 0) is 56.9 Å². The molecule has 12 heteroatoms. The van der Waals surface area contributed by atoms with Crippen molar-refractivity contribution in [3.8, 4) is 0 Å². The summed E-state index contributed by atoms with van der Waals surface area (Å²) in [5, 5.41) is 16.9. The number of aliphatic hydroxyl groups excluding tert-OH is 1. The summed E-state index contributed by atoms with van der Waals surface area (Å²) in [6, 6.07) is 14.8. The average Bonchev–Trinajstić information content (AvgIpc) is 3.51. The number of rotatable bonds is 10. The highest BCUT2D eigenvalue weighted by molar-refractivity contribution is 7.92. The normalized spacial score (nSPS) is 17.7. The van der Waals surface area contributed by atoms with Gasteiger partial charge in [-0.15, -0.1) is 12.4 Å². The molecule has 3 aromatic rings. The number of anilines is 1. The van der Waals surface area contributed by atoms with Crippen LogP contribution in [0, 0.1) is 0 Å². The number of aromatic amines is 1. The highest BCUT2D eigenvalue weighted by Gasteiger charge is 2.48. The number of likely N-dealkylation sites (tertiary alicyclic amines) is 1. The van der Waals surface area contributed by atoms with E-state index in [1.165, 1.54) is 10.6 Å². The van der Waals surface area contributed by atoms with Gasteiger partial charge < -0.3 is 25.6 Å². The first kappa shape index (κ1) is 33.8. The summed E-state index contributed by atoms with van der Waals surface area (Å²) in [6.07, 6.45) is 4.32. The predicted octanol–water partition coefficient (Wildman–Crippen LogP) is 3.10. The summed E-state index contributed by atoms with van der Waals surface area (Å²) in [5.41, 5.74) is 2.72. The fraction of sp³-hybridized carbons (Fsp3) is 0.500. The van der Waals surface area contributed by atoms with E-state index in [1.54, 1.807) is 6.92 Å². The van der Waals surface area contributed by atoms with Gasteiger partial charge in [0.05, 0.1) is 18.0 Å². The number of benzene rings is 2. The Hall–Kier alpha value is -3.12. The van der Waals surface area contributed by atoms with Gasteiger partial charge in [-0.2, -0.15) is 0 Å². The molecular formula is C32H44ClN5O5S. The highest BCUT2D eigenvalue weighted by Crippen LogP contribution is 2.47. The third-order valence-electron chi connectivity index (χ3n) is 8.83. The number of carbonyl (C=O) groups excluding carboxylic acids is 2. The molecule has 4 N–H and O–H groups in total. The molecule has 44 heavy (non-hydrogen) atoms. The SMILES string of the molecule is C[C@@H](O)CNC(C)(C)CC(=O)N[C@H](Cc1c[nH]c2ccccc12)C(=O)N1CCC2(CC1)CN(S(C)(=O)=O)c1ccccc12.Cl. The van der Waals surface area contributed by atoms with Crippen molar-refractivity contribution in [2.75, 3.05) is 36.7 Å². The summed E-state index contributed by atoms with van der Waals surface area (Å²) >= 11 is 0. The van der Waals surface area contributed by atoms with E-state index in [2.05, 4.69) is 15.6 Å². The first-order valence-corrected chi connectivity index (χ1v) is 16.8. The molecule has 1 fully saturated rings. The maximum absolute atomic E-state index is 14.1. The van der Waals surface area contributed by atoms with Crippen LogP contribution in [0.15, 0.2) is 54.7 Å². The zero-order chi connectivity index (χ0) is 31.0. The van der Waals surface area contributed by atoms with Gasteiger partial charge >= 0.3 is 0 Å². The van der Waals surface area contributed by atoms with Crippen molar-refractivity contribution in [2.24, 2.45) is 0 Å². The minimum Gasteiger partial charge on any atom is -0.392 e. The second-order valence-corrected chi connectivity index (χ2v) is 14.8. The molecule has 1 spiro atoms. The van der Waals surface area contributed by atoms with Crippen LogP contribution >= 0.6 is 12.4 Å².